The van der Waals surface area contributed by atoms with E-state index in [1.54, 1.807) is 6.33 Å². The van der Waals surface area contributed by atoms with Gasteiger partial charge >= 0.3 is 0 Å². The molecule has 2 aliphatic heterocycles. The molecule has 6 nitrogen and oxygen atoms in total. The van der Waals surface area contributed by atoms with E-state index < -0.39 is 0 Å². The number of aryl methyl sites for hydroxylation is 1. The van der Waals surface area contributed by atoms with Crippen LogP contribution in [0.15, 0.2) is 30.6 Å². The molecule has 142 valence electrons. The van der Waals surface area contributed by atoms with Gasteiger partial charge in [0.05, 0.1) is 5.41 Å². The average molecular weight is 365 g/mol. The first-order valence-corrected chi connectivity index (χ1v) is 9.68. The molecule has 1 saturated heterocycles. The van der Waals surface area contributed by atoms with Crippen molar-refractivity contribution in [3.05, 3.63) is 41.7 Å². The number of piperidine rings is 1. The third-order valence-corrected chi connectivity index (χ3v) is 5.96. The Balaban J connectivity index is 1.45. The number of benzene rings is 1. The van der Waals surface area contributed by atoms with Gasteiger partial charge in [-0.3, -0.25) is 4.79 Å². The molecule has 1 aromatic carbocycles. The van der Waals surface area contributed by atoms with Crippen LogP contribution in [-0.4, -0.2) is 35.5 Å². The maximum absolute atomic E-state index is 12.9. The molecule has 1 unspecified atom stereocenters. The Bertz CT molecular complexity index is 840. The van der Waals surface area contributed by atoms with E-state index in [9.17, 15) is 4.79 Å². The fourth-order valence-corrected chi connectivity index (χ4v) is 3.94. The topological polar surface area (TPSA) is 70.2 Å². The van der Waals surface area contributed by atoms with E-state index in [1.807, 2.05) is 31.2 Å². The van der Waals surface area contributed by atoms with Crippen LogP contribution in [0.1, 0.15) is 43.7 Å². The van der Waals surface area contributed by atoms with Gasteiger partial charge in [-0.05, 0) is 31.9 Å². The molecule has 0 aliphatic carbocycles. The first kappa shape index (κ1) is 17.8. The molecular weight excluding hydrogens is 338 g/mol. The van der Waals surface area contributed by atoms with Gasteiger partial charge in [0.2, 0.25) is 5.91 Å². The first-order valence-electron chi connectivity index (χ1n) is 9.68. The summed E-state index contributed by atoms with van der Waals surface area (Å²) in [6.07, 6.45) is 3.26. The molecule has 2 N–H and O–H groups in total. The van der Waals surface area contributed by atoms with Crippen molar-refractivity contribution in [3.8, 4) is 0 Å². The molecule has 0 spiro atoms. The Hall–Kier alpha value is -2.63. The predicted molar refractivity (Wildman–Crippen MR) is 108 cm³/mol. The molecule has 27 heavy (non-hydrogen) atoms. The van der Waals surface area contributed by atoms with Gasteiger partial charge in [-0.2, -0.15) is 0 Å². The summed E-state index contributed by atoms with van der Waals surface area (Å²) in [5, 5.41) is 6.44. The molecule has 2 aliphatic rings. The SMILES string of the molecule is Cc1ccc(NC(=O)C2(C)CCN(c3ncnc4c3C(C)CN4)CC2)cc1. The van der Waals surface area contributed by atoms with Crippen molar-refractivity contribution in [1.29, 1.82) is 0 Å². The zero-order valence-corrected chi connectivity index (χ0v) is 16.2. The molecule has 3 heterocycles. The number of nitrogens with zero attached hydrogens (tertiary/aromatic N) is 3. The van der Waals surface area contributed by atoms with Crippen LogP contribution >= 0.6 is 0 Å². The van der Waals surface area contributed by atoms with Crippen LogP contribution in [0.5, 0.6) is 0 Å². The predicted octanol–water partition coefficient (Wildman–Crippen LogP) is 3.56. The lowest BCUT2D eigenvalue weighted by Gasteiger charge is -2.39. The standard InChI is InChI=1S/C21H27N5O/c1-14-4-6-16(7-5-14)25-20(27)21(3)8-10-26(11-9-21)19-17-15(2)12-22-18(17)23-13-24-19/h4-7,13,15H,8-12H2,1-3H3,(H,25,27)(H,22,23,24). The molecule has 1 atom stereocenters. The number of carbonyl (C=O) groups is 1. The van der Waals surface area contributed by atoms with Crippen molar-refractivity contribution in [1.82, 2.24) is 9.97 Å². The minimum atomic E-state index is -0.360. The van der Waals surface area contributed by atoms with E-state index in [1.165, 1.54) is 11.1 Å². The maximum Gasteiger partial charge on any atom is 0.230 e. The third-order valence-electron chi connectivity index (χ3n) is 5.96. The minimum absolute atomic E-state index is 0.106. The quantitative estimate of drug-likeness (QED) is 0.870. The third kappa shape index (κ3) is 3.36. The van der Waals surface area contributed by atoms with Gasteiger partial charge in [0.25, 0.3) is 0 Å². The number of carbonyl (C=O) groups excluding carboxylic acids is 1. The van der Waals surface area contributed by atoms with E-state index >= 15 is 0 Å². The highest BCUT2D eigenvalue weighted by Crippen LogP contribution is 2.39. The fourth-order valence-electron chi connectivity index (χ4n) is 3.94. The second kappa shape index (κ2) is 6.83. The molecule has 1 aromatic heterocycles. The minimum Gasteiger partial charge on any atom is -0.369 e. The van der Waals surface area contributed by atoms with Gasteiger partial charge in [-0.15, -0.1) is 0 Å². The molecule has 1 fully saturated rings. The lowest BCUT2D eigenvalue weighted by Crippen LogP contribution is -2.45. The summed E-state index contributed by atoms with van der Waals surface area (Å²) in [6, 6.07) is 7.96. The summed E-state index contributed by atoms with van der Waals surface area (Å²) in [5.41, 5.74) is 2.91. The molecule has 2 aromatic rings. The van der Waals surface area contributed by atoms with E-state index in [-0.39, 0.29) is 11.3 Å². The Morgan fingerprint density at radius 3 is 2.63 bits per heavy atom. The van der Waals surface area contributed by atoms with E-state index in [0.29, 0.717) is 5.92 Å². The monoisotopic (exact) mass is 365 g/mol. The molecule has 4 rings (SSSR count). The molecule has 0 bridgehead atoms. The molecule has 1 amide bonds. The summed E-state index contributed by atoms with van der Waals surface area (Å²) < 4.78 is 0. The summed E-state index contributed by atoms with van der Waals surface area (Å²) in [4.78, 5) is 24.1. The largest absolute Gasteiger partial charge is 0.369 e. The van der Waals surface area contributed by atoms with Crippen LogP contribution < -0.4 is 15.5 Å². The number of anilines is 3. The van der Waals surface area contributed by atoms with Gasteiger partial charge in [0.1, 0.15) is 18.0 Å². The van der Waals surface area contributed by atoms with E-state index in [0.717, 1.165) is 49.8 Å². The zero-order chi connectivity index (χ0) is 19.0. The van der Waals surface area contributed by atoms with Crippen LogP contribution in [0.4, 0.5) is 17.3 Å². The highest BCUT2D eigenvalue weighted by atomic mass is 16.2. The lowest BCUT2D eigenvalue weighted by molar-refractivity contribution is -0.125. The second-order valence-electron chi connectivity index (χ2n) is 8.11. The van der Waals surface area contributed by atoms with Crippen molar-refractivity contribution in [2.75, 3.05) is 35.2 Å². The number of fused-ring (bicyclic) bond motifs is 1. The van der Waals surface area contributed by atoms with E-state index in [2.05, 4.69) is 39.3 Å². The van der Waals surface area contributed by atoms with Crippen LogP contribution in [0.2, 0.25) is 0 Å². The number of amides is 1. The summed E-state index contributed by atoms with van der Waals surface area (Å²) in [7, 11) is 0. The zero-order valence-electron chi connectivity index (χ0n) is 16.2. The normalized spacial score (nSPS) is 20.7. The Morgan fingerprint density at radius 2 is 1.93 bits per heavy atom. The highest BCUT2D eigenvalue weighted by molar-refractivity contribution is 5.95. The fraction of sp³-hybridized carbons (Fsp3) is 0.476. The van der Waals surface area contributed by atoms with Gasteiger partial charge in [-0.1, -0.05) is 31.5 Å². The Labute approximate surface area is 160 Å². The summed E-state index contributed by atoms with van der Waals surface area (Å²) >= 11 is 0. The number of nitrogens with one attached hydrogen (secondary N) is 2. The molecular formula is C21H27N5O. The number of hydrogen-bond acceptors (Lipinski definition) is 5. The Kier molecular flexibility index (Phi) is 4.50. The smallest absolute Gasteiger partial charge is 0.230 e. The van der Waals surface area contributed by atoms with Crippen LogP contribution in [0.25, 0.3) is 0 Å². The van der Waals surface area contributed by atoms with Crippen molar-refractivity contribution in [2.24, 2.45) is 5.41 Å². The van der Waals surface area contributed by atoms with Crippen molar-refractivity contribution >= 4 is 23.2 Å². The van der Waals surface area contributed by atoms with Crippen LogP contribution in [-0.2, 0) is 4.79 Å². The number of rotatable bonds is 3. The first-order chi connectivity index (χ1) is 13.0. The van der Waals surface area contributed by atoms with Gasteiger partial charge in [0, 0.05) is 36.8 Å². The molecule has 0 radical (unpaired) electrons. The van der Waals surface area contributed by atoms with Crippen LogP contribution in [0.3, 0.4) is 0 Å². The second-order valence-corrected chi connectivity index (χ2v) is 8.11. The Morgan fingerprint density at radius 1 is 1.22 bits per heavy atom. The van der Waals surface area contributed by atoms with Crippen molar-refractivity contribution in [3.63, 3.8) is 0 Å². The van der Waals surface area contributed by atoms with Crippen molar-refractivity contribution in [2.45, 2.75) is 39.5 Å². The van der Waals surface area contributed by atoms with Crippen LogP contribution in [0, 0.1) is 12.3 Å². The lowest BCUT2D eigenvalue weighted by atomic mass is 9.79. The van der Waals surface area contributed by atoms with Crippen molar-refractivity contribution < 1.29 is 4.79 Å². The van der Waals surface area contributed by atoms with Gasteiger partial charge < -0.3 is 15.5 Å². The number of aromatic nitrogens is 2. The van der Waals surface area contributed by atoms with Gasteiger partial charge in [0.15, 0.2) is 0 Å². The number of hydrogen-bond donors (Lipinski definition) is 2. The molecule has 6 heteroatoms. The maximum atomic E-state index is 12.9. The summed E-state index contributed by atoms with van der Waals surface area (Å²) in [5.74, 6) is 2.50. The summed E-state index contributed by atoms with van der Waals surface area (Å²) in [6.45, 7) is 8.88. The van der Waals surface area contributed by atoms with Gasteiger partial charge in [-0.25, -0.2) is 9.97 Å². The van der Waals surface area contributed by atoms with E-state index in [4.69, 9.17) is 0 Å². The highest BCUT2D eigenvalue weighted by Gasteiger charge is 2.38. The average Bonchev–Trinajstić information content (AvgIpc) is 3.06. The molecule has 0 saturated carbocycles.